The molecule has 0 saturated carbocycles. The average Bonchev–Trinajstić information content (AvgIpc) is 3.25. The number of allylic oxidation sites excluding steroid dienone is 2. The van der Waals surface area contributed by atoms with Gasteiger partial charge in [0, 0.05) is 23.9 Å². The predicted molar refractivity (Wildman–Crippen MR) is 124 cm³/mol. The van der Waals surface area contributed by atoms with Crippen LogP contribution in [0.25, 0.3) is 15.3 Å². The molecule has 7 heteroatoms. The third-order valence-electron chi connectivity index (χ3n) is 4.81. The van der Waals surface area contributed by atoms with Crippen LogP contribution in [0, 0.1) is 13.8 Å². The number of rotatable bonds is 7. The van der Waals surface area contributed by atoms with E-state index in [9.17, 15) is 0 Å². The number of hydrogen-bond donors (Lipinski definition) is 3. The molecule has 0 radical (unpaired) electrons. The van der Waals surface area contributed by atoms with Crippen LogP contribution in [0.4, 0.5) is 5.82 Å². The molecule has 0 fully saturated rings. The summed E-state index contributed by atoms with van der Waals surface area (Å²) in [5.74, 6) is 0.778. The Bertz CT molecular complexity index is 1040. The smallest absolute Gasteiger partial charge is 0.130 e. The first-order valence-corrected chi connectivity index (χ1v) is 11.7. The van der Waals surface area contributed by atoms with E-state index >= 15 is 0 Å². The van der Waals surface area contributed by atoms with Crippen LogP contribution in [0.1, 0.15) is 27.6 Å². The van der Waals surface area contributed by atoms with Gasteiger partial charge in [0.25, 0.3) is 0 Å². The van der Waals surface area contributed by atoms with Crippen molar-refractivity contribution in [3.05, 3.63) is 63.0 Å². The number of nitrogens with one attached hydrogen (secondary N) is 2. The number of nitrogens with two attached hydrogens (primary N) is 1. The van der Waals surface area contributed by atoms with Gasteiger partial charge in [-0.25, -0.2) is 4.98 Å². The first-order valence-electron chi connectivity index (χ1n) is 9.22. The SMILES string of the molecule is C=C(CNC1C=CC=C(c2csc(-c3s[nH]c3N)c2)C1)Cc1sc(C)nc1C. The molecular formula is C21H24N4S3. The van der Waals surface area contributed by atoms with Gasteiger partial charge in [0.05, 0.1) is 15.6 Å². The second-order valence-electron chi connectivity index (χ2n) is 7.08. The lowest BCUT2D eigenvalue weighted by atomic mass is 9.95. The van der Waals surface area contributed by atoms with Crippen LogP contribution < -0.4 is 11.1 Å². The summed E-state index contributed by atoms with van der Waals surface area (Å²) in [4.78, 5) is 8.23. The second kappa shape index (κ2) is 8.21. The van der Waals surface area contributed by atoms with Gasteiger partial charge in [-0.1, -0.05) is 41.9 Å². The maximum atomic E-state index is 5.91. The van der Waals surface area contributed by atoms with Gasteiger partial charge < -0.3 is 11.1 Å². The predicted octanol–water partition coefficient (Wildman–Crippen LogP) is 5.56. The molecule has 1 atom stereocenters. The highest BCUT2D eigenvalue weighted by Crippen LogP contribution is 2.38. The van der Waals surface area contributed by atoms with Crippen molar-refractivity contribution in [1.29, 1.82) is 0 Å². The molecule has 3 heterocycles. The number of aryl methyl sites for hydroxylation is 2. The molecule has 0 amide bonds. The minimum absolute atomic E-state index is 0.327. The fraction of sp³-hybridized carbons (Fsp3) is 0.286. The lowest BCUT2D eigenvalue weighted by Gasteiger charge is -2.20. The summed E-state index contributed by atoms with van der Waals surface area (Å²) in [6.45, 7) is 9.22. The van der Waals surface area contributed by atoms with Gasteiger partial charge >= 0.3 is 0 Å². The van der Waals surface area contributed by atoms with Gasteiger partial charge in [-0.3, -0.25) is 4.37 Å². The van der Waals surface area contributed by atoms with Crippen molar-refractivity contribution in [3.8, 4) is 9.75 Å². The van der Waals surface area contributed by atoms with Crippen molar-refractivity contribution in [2.24, 2.45) is 0 Å². The first-order chi connectivity index (χ1) is 13.5. The summed E-state index contributed by atoms with van der Waals surface area (Å²) in [7, 11) is 0. The molecular weight excluding hydrogens is 404 g/mol. The molecule has 4 rings (SSSR count). The fourth-order valence-corrected chi connectivity index (χ4v) is 5.95. The summed E-state index contributed by atoms with van der Waals surface area (Å²) < 4.78 is 3.04. The van der Waals surface area contributed by atoms with Crippen LogP contribution >= 0.6 is 34.2 Å². The molecule has 4 N–H and O–H groups in total. The minimum Gasteiger partial charge on any atom is -0.383 e. The van der Waals surface area contributed by atoms with Crippen LogP contribution in [0.2, 0.25) is 0 Å². The number of thiazole rings is 1. The highest BCUT2D eigenvalue weighted by atomic mass is 32.1. The van der Waals surface area contributed by atoms with Crippen molar-refractivity contribution in [3.63, 3.8) is 0 Å². The summed E-state index contributed by atoms with van der Waals surface area (Å²) in [6, 6.07) is 2.57. The zero-order valence-corrected chi connectivity index (χ0v) is 18.5. The first kappa shape index (κ1) is 19.4. The molecule has 28 heavy (non-hydrogen) atoms. The van der Waals surface area contributed by atoms with E-state index in [-0.39, 0.29) is 0 Å². The Balaban J connectivity index is 1.32. The largest absolute Gasteiger partial charge is 0.383 e. The average molecular weight is 429 g/mol. The van der Waals surface area contributed by atoms with Crippen molar-refractivity contribution in [2.45, 2.75) is 32.7 Å². The van der Waals surface area contributed by atoms with E-state index < -0.39 is 0 Å². The Kier molecular flexibility index (Phi) is 5.68. The Hall–Kier alpha value is -1.93. The molecule has 4 nitrogen and oxygen atoms in total. The molecule has 0 bridgehead atoms. The quantitative estimate of drug-likeness (QED) is 0.432. The van der Waals surface area contributed by atoms with E-state index in [0.717, 1.165) is 40.8 Å². The van der Waals surface area contributed by atoms with Crippen LogP contribution in [0.15, 0.2) is 41.8 Å². The summed E-state index contributed by atoms with van der Waals surface area (Å²) in [5.41, 5.74) is 10.9. The molecule has 3 aromatic heterocycles. The van der Waals surface area contributed by atoms with Gasteiger partial charge in [-0.2, -0.15) is 0 Å². The molecule has 146 valence electrons. The molecule has 1 aliphatic carbocycles. The number of nitrogen functional groups attached to an aromatic ring is 1. The topological polar surface area (TPSA) is 66.7 Å². The zero-order valence-electron chi connectivity index (χ0n) is 16.0. The zero-order chi connectivity index (χ0) is 19.7. The number of thiophene rings is 1. The summed E-state index contributed by atoms with van der Waals surface area (Å²) >= 11 is 5.12. The van der Waals surface area contributed by atoms with Crippen LogP contribution in [-0.4, -0.2) is 21.9 Å². The standard InChI is InChI=1S/C21H24N4S3/c1-12(7-18-13(2)24-14(3)27-18)10-23-17-6-4-5-15(8-17)16-9-19(26-11-16)20-21(22)25-28-20/h4-6,9,11,17,23,25H,1,7-8,10,22H2,2-3H3. The Labute approximate surface area is 177 Å². The maximum Gasteiger partial charge on any atom is 0.130 e. The molecule has 0 saturated heterocycles. The Morgan fingerprint density at radius 2 is 2.29 bits per heavy atom. The van der Waals surface area contributed by atoms with E-state index in [2.05, 4.69) is 64.8 Å². The lowest BCUT2D eigenvalue weighted by Crippen LogP contribution is -2.30. The van der Waals surface area contributed by atoms with E-state index in [1.165, 1.54) is 26.5 Å². The van der Waals surface area contributed by atoms with Crippen molar-refractivity contribution in [1.82, 2.24) is 14.7 Å². The van der Waals surface area contributed by atoms with Gasteiger partial charge in [-0.05, 0) is 42.9 Å². The molecule has 0 aromatic carbocycles. The van der Waals surface area contributed by atoms with E-state index in [4.69, 9.17) is 5.73 Å². The van der Waals surface area contributed by atoms with Crippen LogP contribution in [0.5, 0.6) is 0 Å². The monoisotopic (exact) mass is 428 g/mol. The molecule has 3 aromatic rings. The van der Waals surface area contributed by atoms with Crippen molar-refractivity contribution >= 4 is 45.6 Å². The molecule has 1 aliphatic rings. The summed E-state index contributed by atoms with van der Waals surface area (Å²) in [5, 5.41) is 7.00. The normalized spacial score (nSPS) is 16.5. The fourth-order valence-electron chi connectivity index (χ4n) is 3.30. The van der Waals surface area contributed by atoms with Gasteiger partial charge in [-0.15, -0.1) is 22.7 Å². The summed E-state index contributed by atoms with van der Waals surface area (Å²) in [6.07, 6.45) is 8.49. The van der Waals surface area contributed by atoms with Gasteiger partial charge in [0.1, 0.15) is 10.7 Å². The van der Waals surface area contributed by atoms with Crippen LogP contribution in [0.3, 0.4) is 0 Å². The second-order valence-corrected chi connectivity index (χ2v) is 10.1. The number of aromatic nitrogens is 2. The highest BCUT2D eigenvalue weighted by molar-refractivity contribution is 7.20. The molecule has 0 spiro atoms. The van der Waals surface area contributed by atoms with E-state index in [1.54, 1.807) is 34.2 Å². The Morgan fingerprint density at radius 1 is 1.43 bits per heavy atom. The number of nitrogens with zero attached hydrogens (tertiary/aromatic N) is 1. The number of hydrogen-bond acceptors (Lipinski definition) is 6. The number of aromatic amines is 1. The third kappa shape index (κ3) is 4.22. The Morgan fingerprint density at radius 3 is 2.96 bits per heavy atom. The van der Waals surface area contributed by atoms with Gasteiger partial charge in [0.15, 0.2) is 0 Å². The third-order valence-corrected chi connectivity index (χ3v) is 7.92. The number of H-pyrrole nitrogens is 1. The van der Waals surface area contributed by atoms with Crippen molar-refractivity contribution < 1.29 is 0 Å². The highest BCUT2D eigenvalue weighted by Gasteiger charge is 2.16. The molecule has 1 unspecified atom stereocenters. The lowest BCUT2D eigenvalue weighted by molar-refractivity contribution is 0.629. The van der Waals surface area contributed by atoms with E-state index in [1.807, 2.05) is 0 Å². The van der Waals surface area contributed by atoms with Crippen molar-refractivity contribution in [2.75, 3.05) is 12.3 Å². The minimum atomic E-state index is 0.327. The maximum absolute atomic E-state index is 5.91. The van der Waals surface area contributed by atoms with E-state index in [0.29, 0.717) is 6.04 Å². The number of anilines is 1. The molecule has 0 aliphatic heterocycles. The van der Waals surface area contributed by atoms with Crippen LogP contribution in [-0.2, 0) is 6.42 Å². The van der Waals surface area contributed by atoms with Gasteiger partial charge in [0.2, 0.25) is 0 Å².